The number of benzene rings is 4. The largest absolute Gasteiger partial charge is 0.437 e. The van der Waals surface area contributed by atoms with Gasteiger partial charge in [-0.15, -0.1) is 0 Å². The summed E-state index contributed by atoms with van der Waals surface area (Å²) in [6.45, 7) is 7.81. The van der Waals surface area contributed by atoms with Gasteiger partial charge in [-0.3, -0.25) is 4.57 Å². The summed E-state index contributed by atoms with van der Waals surface area (Å²) in [5.74, 6) is 2.42. The molecule has 0 fully saturated rings. The van der Waals surface area contributed by atoms with Gasteiger partial charge < -0.3 is 4.42 Å². The Kier molecular flexibility index (Phi) is 5.62. The van der Waals surface area contributed by atoms with E-state index in [2.05, 4.69) is 46.4 Å². The van der Waals surface area contributed by atoms with Gasteiger partial charge in [0.05, 0.1) is 11.0 Å². The van der Waals surface area contributed by atoms with Crippen LogP contribution in [0.1, 0.15) is 5.82 Å². The van der Waals surface area contributed by atoms with E-state index in [1.165, 1.54) is 0 Å². The third-order valence-corrected chi connectivity index (χ3v) is 7.54. The summed E-state index contributed by atoms with van der Waals surface area (Å²) >= 11 is 0. The first-order chi connectivity index (χ1) is 21.2. The van der Waals surface area contributed by atoms with Crippen LogP contribution in [0.15, 0.2) is 139 Å². The molecule has 204 valence electrons. The Morgan fingerprint density at radius 1 is 0.698 bits per heavy atom. The lowest BCUT2D eigenvalue weighted by Gasteiger charge is -2.09. The predicted octanol–water partition coefficient (Wildman–Crippen LogP) is 8.45. The monoisotopic (exact) mass is 556 g/mol. The van der Waals surface area contributed by atoms with Gasteiger partial charge in [0.1, 0.15) is 11.1 Å². The maximum absolute atomic E-state index is 6.35. The van der Waals surface area contributed by atoms with Crippen molar-refractivity contribution < 1.29 is 4.42 Å². The van der Waals surface area contributed by atoms with Crippen LogP contribution in [-0.2, 0) is 0 Å². The quantitative estimate of drug-likeness (QED) is 0.192. The van der Waals surface area contributed by atoms with Gasteiger partial charge in [-0.2, -0.15) is 0 Å². The fraction of sp³-hybridized carbons (Fsp3) is 0. The molecule has 43 heavy (non-hydrogen) atoms. The summed E-state index contributed by atoms with van der Waals surface area (Å²) in [4.78, 5) is 19.7. The minimum atomic E-state index is 0.524. The van der Waals surface area contributed by atoms with E-state index in [0.717, 1.165) is 55.7 Å². The number of nitrogens with zero attached hydrogens (tertiary/aromatic N) is 6. The zero-order chi connectivity index (χ0) is 28.9. The number of rotatable bonds is 6. The van der Waals surface area contributed by atoms with Gasteiger partial charge in [0.2, 0.25) is 11.5 Å². The summed E-state index contributed by atoms with van der Waals surface area (Å²) in [5, 5.41) is 0.988. The van der Waals surface area contributed by atoms with Crippen molar-refractivity contribution in [3.63, 3.8) is 0 Å². The van der Waals surface area contributed by atoms with Gasteiger partial charge in [-0.1, -0.05) is 92.0 Å². The number of imidazole rings is 2. The average Bonchev–Trinajstić information content (AvgIpc) is 3.71. The molecular weight excluding hydrogens is 532 g/mol. The smallest absolute Gasteiger partial charge is 0.234 e. The second-order valence-electron chi connectivity index (χ2n) is 10.1. The summed E-state index contributed by atoms with van der Waals surface area (Å²) in [6, 6.07) is 34.3. The first kappa shape index (κ1) is 24.7. The Morgan fingerprint density at radius 2 is 1.42 bits per heavy atom. The van der Waals surface area contributed by atoms with Gasteiger partial charge in [0, 0.05) is 27.8 Å². The molecule has 0 saturated carbocycles. The second kappa shape index (κ2) is 9.78. The maximum Gasteiger partial charge on any atom is 0.234 e. The molecule has 0 unspecified atom stereocenters. The zero-order valence-electron chi connectivity index (χ0n) is 23.1. The van der Waals surface area contributed by atoms with Crippen LogP contribution in [0.2, 0.25) is 0 Å². The summed E-state index contributed by atoms with van der Waals surface area (Å²) in [7, 11) is 0. The number of hydrogen-bond acceptors (Lipinski definition) is 5. The van der Waals surface area contributed by atoms with Crippen LogP contribution in [0, 0.1) is 0 Å². The van der Waals surface area contributed by atoms with Crippen molar-refractivity contribution in [1.29, 1.82) is 0 Å². The summed E-state index contributed by atoms with van der Waals surface area (Å²) < 4.78 is 10.6. The highest BCUT2D eigenvalue weighted by atomic mass is 16.3. The minimum absolute atomic E-state index is 0.524. The Hall–Kier alpha value is -6.08. The molecule has 0 saturated heterocycles. The van der Waals surface area contributed by atoms with E-state index < -0.39 is 0 Å². The first-order valence-corrected chi connectivity index (χ1v) is 13.9. The molecule has 4 aromatic carbocycles. The molecule has 0 aliphatic rings. The van der Waals surface area contributed by atoms with E-state index in [9.17, 15) is 0 Å². The van der Waals surface area contributed by atoms with Gasteiger partial charge in [0.15, 0.2) is 17.5 Å². The molecule has 0 spiro atoms. The molecule has 0 aliphatic heterocycles. The summed E-state index contributed by atoms with van der Waals surface area (Å²) in [5.41, 5.74) is 7.74. The van der Waals surface area contributed by atoms with Crippen LogP contribution in [0.25, 0.3) is 73.0 Å². The lowest BCUT2D eigenvalue weighted by Crippen LogP contribution is -2.02. The fourth-order valence-corrected chi connectivity index (χ4v) is 5.57. The van der Waals surface area contributed by atoms with E-state index in [1.54, 1.807) is 12.2 Å². The van der Waals surface area contributed by atoms with Crippen LogP contribution in [0.4, 0.5) is 0 Å². The molecule has 7 nitrogen and oxygen atoms in total. The van der Waals surface area contributed by atoms with Crippen molar-refractivity contribution in [1.82, 2.24) is 28.9 Å². The third kappa shape index (κ3) is 3.90. The van der Waals surface area contributed by atoms with Crippen LogP contribution < -0.4 is 0 Å². The van der Waals surface area contributed by atoms with Gasteiger partial charge in [-0.25, -0.2) is 24.3 Å². The molecule has 4 aromatic heterocycles. The lowest BCUT2D eigenvalue weighted by atomic mass is 10.1. The van der Waals surface area contributed by atoms with E-state index in [1.807, 2.05) is 84.9 Å². The molecule has 0 amide bonds. The molecule has 0 aliphatic carbocycles. The van der Waals surface area contributed by atoms with E-state index in [4.69, 9.17) is 24.4 Å². The lowest BCUT2D eigenvalue weighted by molar-refractivity contribution is 0.651. The highest BCUT2D eigenvalue weighted by Gasteiger charge is 2.22. The SMILES string of the molecule is C=C/C=C(\C=C)c1nc(-c2ccccc2)nc(-c2ccc3c(c2)n(-c2ccccc2)c2nc4c5ccccc5oc4n32)n1. The van der Waals surface area contributed by atoms with Crippen molar-refractivity contribution in [3.05, 3.63) is 140 Å². The highest BCUT2D eigenvalue weighted by Crippen LogP contribution is 2.35. The Labute approximate surface area is 246 Å². The number of hydrogen-bond donors (Lipinski definition) is 0. The molecule has 7 heteroatoms. The fourth-order valence-electron chi connectivity index (χ4n) is 5.57. The summed E-state index contributed by atoms with van der Waals surface area (Å²) in [6.07, 6.45) is 5.28. The maximum atomic E-state index is 6.35. The Bertz CT molecular complexity index is 2380. The zero-order valence-corrected chi connectivity index (χ0v) is 23.1. The van der Waals surface area contributed by atoms with Gasteiger partial charge >= 0.3 is 0 Å². The molecule has 0 N–H and O–H groups in total. The van der Waals surface area contributed by atoms with Crippen LogP contribution in [-0.4, -0.2) is 28.9 Å². The molecule has 0 radical (unpaired) electrons. The average molecular weight is 557 g/mol. The third-order valence-electron chi connectivity index (χ3n) is 7.54. The number of allylic oxidation sites excluding steroid dienone is 4. The van der Waals surface area contributed by atoms with Crippen LogP contribution in [0.3, 0.4) is 0 Å². The number of para-hydroxylation sites is 2. The Balaban J connectivity index is 1.42. The molecule has 0 bridgehead atoms. The van der Waals surface area contributed by atoms with Crippen LogP contribution >= 0.6 is 0 Å². The normalized spacial score (nSPS) is 12.0. The topological polar surface area (TPSA) is 74.0 Å². The standard InChI is InChI=1S/C36H24N6O/c1-3-13-23(4-2)32-38-33(24-14-7-5-8-15-24)40-34(39-32)25-20-21-28-29(22-25)41(26-16-9-6-10-17-26)36-37-31-27-18-11-12-19-30(27)43-35(31)42(28)36/h3-22H,1-2H2/b23-13+. The van der Waals surface area contributed by atoms with Crippen molar-refractivity contribution in [2.24, 2.45) is 0 Å². The molecule has 4 heterocycles. The van der Waals surface area contributed by atoms with E-state index >= 15 is 0 Å². The van der Waals surface area contributed by atoms with E-state index in [-0.39, 0.29) is 0 Å². The van der Waals surface area contributed by atoms with Crippen molar-refractivity contribution >= 4 is 44.6 Å². The Morgan fingerprint density at radius 3 is 2.19 bits per heavy atom. The highest BCUT2D eigenvalue weighted by molar-refractivity contribution is 6.05. The van der Waals surface area contributed by atoms with Gasteiger partial charge in [0.25, 0.3) is 0 Å². The van der Waals surface area contributed by atoms with E-state index in [0.29, 0.717) is 23.2 Å². The molecular formula is C36H24N6O. The van der Waals surface area contributed by atoms with Crippen molar-refractivity contribution in [2.45, 2.75) is 0 Å². The number of aromatic nitrogens is 6. The van der Waals surface area contributed by atoms with Crippen LogP contribution in [0.5, 0.6) is 0 Å². The predicted molar refractivity (Wildman–Crippen MR) is 172 cm³/mol. The number of fused-ring (bicyclic) bond motifs is 7. The minimum Gasteiger partial charge on any atom is -0.437 e. The van der Waals surface area contributed by atoms with Crippen molar-refractivity contribution in [2.75, 3.05) is 0 Å². The first-order valence-electron chi connectivity index (χ1n) is 13.9. The van der Waals surface area contributed by atoms with Gasteiger partial charge in [-0.05, 0) is 42.5 Å². The second-order valence-corrected chi connectivity index (χ2v) is 10.1. The molecule has 0 atom stereocenters. The van der Waals surface area contributed by atoms with Crippen molar-refractivity contribution in [3.8, 4) is 28.5 Å². The number of furan rings is 1. The molecule has 8 rings (SSSR count). The molecule has 8 aromatic rings.